The van der Waals surface area contributed by atoms with Crippen molar-refractivity contribution in [2.75, 3.05) is 13.2 Å². The highest BCUT2D eigenvalue weighted by atomic mass is 35.5. The van der Waals surface area contributed by atoms with Gasteiger partial charge in [0, 0.05) is 36.9 Å². The molecule has 1 saturated heterocycles. The SMILES string of the molecule is C=CC1=C(C=C)C2(CCOCC2)C(=O)N1Cc1nc2cc(Cl)ccc2n1CCCC(F)(F)F. The van der Waals surface area contributed by atoms with Crippen LogP contribution in [0.1, 0.15) is 31.5 Å². The van der Waals surface area contributed by atoms with Gasteiger partial charge in [-0.1, -0.05) is 30.8 Å². The summed E-state index contributed by atoms with van der Waals surface area (Å²) in [5.74, 6) is 0.414. The minimum absolute atomic E-state index is 0.0810. The second kappa shape index (κ2) is 8.99. The molecule has 0 aliphatic carbocycles. The summed E-state index contributed by atoms with van der Waals surface area (Å²) in [5, 5.41) is 0.480. The maximum absolute atomic E-state index is 13.7. The summed E-state index contributed by atoms with van der Waals surface area (Å²) in [5.41, 5.74) is 2.00. The number of carbonyl (C=O) groups is 1. The molecule has 176 valence electrons. The van der Waals surface area contributed by atoms with Crippen LogP contribution in [0.15, 0.2) is 54.8 Å². The average molecular weight is 480 g/mol. The van der Waals surface area contributed by atoms with E-state index in [0.29, 0.717) is 53.6 Å². The summed E-state index contributed by atoms with van der Waals surface area (Å²) in [7, 11) is 0. The van der Waals surface area contributed by atoms with Gasteiger partial charge in [0.05, 0.1) is 23.0 Å². The fourth-order valence-electron chi connectivity index (χ4n) is 4.86. The van der Waals surface area contributed by atoms with Gasteiger partial charge in [-0.2, -0.15) is 13.2 Å². The highest BCUT2D eigenvalue weighted by Gasteiger charge is 2.51. The van der Waals surface area contributed by atoms with Gasteiger partial charge in [-0.3, -0.25) is 4.79 Å². The van der Waals surface area contributed by atoms with Crippen molar-refractivity contribution in [3.05, 3.63) is 65.6 Å². The zero-order chi connectivity index (χ0) is 23.8. The fraction of sp³-hybridized carbons (Fsp3) is 0.417. The van der Waals surface area contributed by atoms with Crippen LogP contribution in [0.2, 0.25) is 5.02 Å². The van der Waals surface area contributed by atoms with Crippen LogP contribution in [0, 0.1) is 5.41 Å². The molecule has 1 aromatic carbocycles. The number of aromatic nitrogens is 2. The Labute approximate surface area is 195 Å². The van der Waals surface area contributed by atoms with Crippen LogP contribution in [0.25, 0.3) is 11.0 Å². The zero-order valence-electron chi connectivity index (χ0n) is 18.1. The van der Waals surface area contributed by atoms with Gasteiger partial charge >= 0.3 is 6.18 Å². The molecular weight excluding hydrogens is 455 g/mol. The number of benzene rings is 1. The number of ether oxygens (including phenoxy) is 1. The van der Waals surface area contributed by atoms with E-state index in [4.69, 9.17) is 16.3 Å². The smallest absolute Gasteiger partial charge is 0.381 e. The Morgan fingerprint density at radius 1 is 1.21 bits per heavy atom. The number of nitrogens with zero attached hydrogens (tertiary/aromatic N) is 3. The normalized spacial score (nSPS) is 18.5. The Morgan fingerprint density at radius 3 is 2.58 bits per heavy atom. The number of hydrogen-bond acceptors (Lipinski definition) is 3. The van der Waals surface area contributed by atoms with Crippen LogP contribution in [-0.4, -0.2) is 39.7 Å². The van der Waals surface area contributed by atoms with Gasteiger partial charge in [0.2, 0.25) is 5.91 Å². The Morgan fingerprint density at radius 2 is 1.94 bits per heavy atom. The average Bonchev–Trinajstić information content (AvgIpc) is 3.20. The molecule has 1 aromatic heterocycles. The van der Waals surface area contributed by atoms with Gasteiger partial charge in [0.15, 0.2) is 0 Å². The molecule has 3 heterocycles. The van der Waals surface area contributed by atoms with E-state index in [1.165, 1.54) is 0 Å². The number of halogens is 4. The maximum Gasteiger partial charge on any atom is 0.389 e. The second-order valence-electron chi connectivity index (χ2n) is 8.32. The Hall–Kier alpha value is -2.58. The van der Waals surface area contributed by atoms with E-state index in [-0.39, 0.29) is 25.4 Å². The number of aryl methyl sites for hydroxylation is 1. The van der Waals surface area contributed by atoms with Crippen molar-refractivity contribution in [1.29, 1.82) is 0 Å². The lowest BCUT2D eigenvalue weighted by molar-refractivity contribution is -0.140. The van der Waals surface area contributed by atoms with Crippen LogP contribution in [0.4, 0.5) is 13.2 Å². The van der Waals surface area contributed by atoms with Gasteiger partial charge in [-0.05, 0) is 49.1 Å². The topological polar surface area (TPSA) is 47.4 Å². The number of allylic oxidation sites excluding steroid dienone is 2. The summed E-state index contributed by atoms with van der Waals surface area (Å²) in [4.78, 5) is 19.9. The van der Waals surface area contributed by atoms with Crippen molar-refractivity contribution >= 4 is 28.5 Å². The van der Waals surface area contributed by atoms with E-state index in [0.717, 1.165) is 5.57 Å². The van der Waals surface area contributed by atoms with Crippen LogP contribution < -0.4 is 0 Å². The number of fused-ring (bicyclic) bond motifs is 1. The Kier molecular flexibility index (Phi) is 6.42. The first-order valence-electron chi connectivity index (χ1n) is 10.8. The molecule has 2 aromatic rings. The third kappa shape index (κ3) is 4.34. The minimum atomic E-state index is -4.24. The molecule has 33 heavy (non-hydrogen) atoms. The van der Waals surface area contributed by atoms with E-state index < -0.39 is 18.0 Å². The molecule has 1 spiro atoms. The van der Waals surface area contributed by atoms with E-state index in [9.17, 15) is 18.0 Å². The molecule has 5 nitrogen and oxygen atoms in total. The predicted octanol–water partition coefficient (Wildman–Crippen LogP) is 5.80. The lowest BCUT2D eigenvalue weighted by atomic mass is 9.74. The van der Waals surface area contributed by atoms with Gasteiger partial charge in [0.1, 0.15) is 5.82 Å². The van der Waals surface area contributed by atoms with E-state index in [1.54, 1.807) is 39.8 Å². The molecule has 1 amide bonds. The van der Waals surface area contributed by atoms with Crippen LogP contribution in [0.5, 0.6) is 0 Å². The lowest BCUT2D eigenvalue weighted by Gasteiger charge is -2.33. The summed E-state index contributed by atoms with van der Waals surface area (Å²) in [6, 6.07) is 5.09. The molecule has 0 unspecified atom stereocenters. The van der Waals surface area contributed by atoms with Crippen molar-refractivity contribution in [2.45, 2.75) is 44.9 Å². The van der Waals surface area contributed by atoms with Crippen molar-refractivity contribution in [1.82, 2.24) is 14.5 Å². The summed E-state index contributed by atoms with van der Waals surface area (Å²) in [6.07, 6.45) is -0.820. The molecule has 0 bridgehead atoms. The van der Waals surface area contributed by atoms with Crippen molar-refractivity contribution in [3.63, 3.8) is 0 Å². The highest BCUT2D eigenvalue weighted by molar-refractivity contribution is 6.31. The van der Waals surface area contributed by atoms with Crippen LogP contribution >= 0.6 is 11.6 Å². The summed E-state index contributed by atoms with van der Waals surface area (Å²) >= 11 is 6.11. The molecule has 4 rings (SSSR count). The van der Waals surface area contributed by atoms with Crippen molar-refractivity contribution < 1.29 is 22.7 Å². The van der Waals surface area contributed by atoms with Gasteiger partial charge in [-0.25, -0.2) is 4.98 Å². The molecular formula is C24H25ClF3N3O2. The number of alkyl halides is 3. The molecule has 0 saturated carbocycles. The fourth-order valence-corrected chi connectivity index (χ4v) is 5.02. The molecule has 1 fully saturated rings. The van der Waals surface area contributed by atoms with Crippen molar-refractivity contribution in [2.24, 2.45) is 5.41 Å². The first-order valence-corrected chi connectivity index (χ1v) is 11.2. The Bertz CT molecular complexity index is 1130. The third-order valence-corrected chi connectivity index (χ3v) is 6.65. The third-order valence-electron chi connectivity index (χ3n) is 6.41. The minimum Gasteiger partial charge on any atom is -0.381 e. The lowest BCUT2D eigenvalue weighted by Crippen LogP contribution is -2.41. The molecule has 9 heteroatoms. The zero-order valence-corrected chi connectivity index (χ0v) is 18.9. The van der Waals surface area contributed by atoms with E-state index in [1.807, 2.05) is 0 Å². The van der Waals surface area contributed by atoms with Gasteiger partial charge in [-0.15, -0.1) is 0 Å². The molecule has 0 radical (unpaired) electrons. The maximum atomic E-state index is 13.7. The quantitative estimate of drug-likeness (QED) is 0.504. The van der Waals surface area contributed by atoms with Crippen molar-refractivity contribution in [3.8, 4) is 0 Å². The predicted molar refractivity (Wildman–Crippen MR) is 120 cm³/mol. The first kappa shape index (κ1) is 23.6. The highest BCUT2D eigenvalue weighted by Crippen LogP contribution is 2.48. The number of rotatable bonds is 7. The first-order chi connectivity index (χ1) is 15.7. The second-order valence-corrected chi connectivity index (χ2v) is 8.76. The van der Waals surface area contributed by atoms with E-state index in [2.05, 4.69) is 18.1 Å². The molecule has 2 aliphatic rings. The number of hydrogen-bond donors (Lipinski definition) is 0. The number of amides is 1. The van der Waals surface area contributed by atoms with Crippen LogP contribution in [-0.2, 0) is 22.6 Å². The summed E-state index contributed by atoms with van der Waals surface area (Å²) in [6.45, 7) is 8.99. The number of imidazole rings is 1. The monoisotopic (exact) mass is 479 g/mol. The number of carbonyl (C=O) groups excluding carboxylic acids is 1. The summed E-state index contributed by atoms with van der Waals surface area (Å²) < 4.78 is 45.6. The molecule has 2 aliphatic heterocycles. The molecule has 0 N–H and O–H groups in total. The standard InChI is InChI=1S/C24H25ClF3N3O2/c1-3-17-19(4-2)31(22(32)23(17)9-12-33-13-10-23)15-21-29-18-14-16(25)6-7-20(18)30(21)11-5-8-24(26,27)28/h3-4,6-7,14H,1-2,5,8-13,15H2. The van der Waals surface area contributed by atoms with Crippen LogP contribution in [0.3, 0.4) is 0 Å². The van der Waals surface area contributed by atoms with Gasteiger partial charge < -0.3 is 14.2 Å². The molecule has 0 atom stereocenters. The van der Waals surface area contributed by atoms with E-state index >= 15 is 0 Å². The largest absolute Gasteiger partial charge is 0.389 e. The Balaban J connectivity index is 1.72. The van der Waals surface area contributed by atoms with Gasteiger partial charge in [0.25, 0.3) is 0 Å².